The summed E-state index contributed by atoms with van der Waals surface area (Å²) in [5.41, 5.74) is 0. The molecule has 0 saturated carbocycles. The van der Waals surface area contributed by atoms with Crippen LogP contribution in [0.25, 0.3) is 0 Å². The Morgan fingerprint density at radius 2 is 1.69 bits per heavy atom. The van der Waals surface area contributed by atoms with E-state index in [1.54, 1.807) is 0 Å². The molecule has 0 aromatic rings. The molecule has 0 fully saturated rings. The summed E-state index contributed by atoms with van der Waals surface area (Å²) in [6, 6.07) is 0. The quantitative estimate of drug-likeness (QED) is 0.261. The smallest absolute Gasteiger partial charge is 0.484 e. The summed E-state index contributed by atoms with van der Waals surface area (Å²) in [6.07, 6.45) is 8.02. The molecule has 94 valence electrons. The highest BCUT2D eigenvalue weighted by molar-refractivity contribution is 6.37. The van der Waals surface area contributed by atoms with Gasteiger partial charge in [0.15, 0.2) is 0 Å². The molecule has 0 aliphatic rings. The van der Waals surface area contributed by atoms with Gasteiger partial charge in [0.05, 0.1) is 0 Å². The lowest BCUT2D eigenvalue weighted by Gasteiger charge is -2.04. The van der Waals surface area contributed by atoms with E-state index in [0.29, 0.717) is 0 Å². The van der Waals surface area contributed by atoms with Crippen molar-refractivity contribution < 1.29 is 24.5 Å². The SMILES string of the molecule is CCCCCCCCCC(=O)OB(O)OO. The van der Waals surface area contributed by atoms with Crippen molar-refractivity contribution in [3.63, 3.8) is 0 Å². The fourth-order valence-corrected chi connectivity index (χ4v) is 1.42. The average molecular weight is 232 g/mol. The number of hydrogen-bond acceptors (Lipinski definition) is 5. The van der Waals surface area contributed by atoms with Crippen LogP contribution in [0.15, 0.2) is 0 Å². The summed E-state index contributed by atoms with van der Waals surface area (Å²) in [4.78, 5) is 14.4. The lowest BCUT2D eigenvalue weighted by Crippen LogP contribution is -2.24. The van der Waals surface area contributed by atoms with Crippen molar-refractivity contribution in [3.05, 3.63) is 0 Å². The molecule has 0 radical (unpaired) electrons. The van der Waals surface area contributed by atoms with Gasteiger partial charge in [-0.25, -0.2) is 4.81 Å². The highest BCUT2D eigenvalue weighted by Crippen LogP contribution is 2.08. The van der Waals surface area contributed by atoms with E-state index in [2.05, 4.69) is 16.4 Å². The Kier molecular flexibility index (Phi) is 10.5. The van der Waals surface area contributed by atoms with Gasteiger partial charge in [-0.3, -0.25) is 10.1 Å². The fourth-order valence-electron chi connectivity index (χ4n) is 1.42. The van der Waals surface area contributed by atoms with E-state index < -0.39 is 13.3 Å². The first-order chi connectivity index (χ1) is 7.70. The first-order valence-corrected chi connectivity index (χ1v) is 5.88. The minimum Gasteiger partial charge on any atom is -0.484 e. The zero-order valence-electron chi connectivity index (χ0n) is 9.85. The Balaban J connectivity index is 3.21. The number of carbonyl (C=O) groups excluding carboxylic acids is 1. The molecule has 16 heavy (non-hydrogen) atoms. The zero-order chi connectivity index (χ0) is 12.2. The van der Waals surface area contributed by atoms with Crippen LogP contribution in [-0.4, -0.2) is 23.6 Å². The molecule has 0 rings (SSSR count). The maximum absolute atomic E-state index is 11.0. The first-order valence-electron chi connectivity index (χ1n) is 5.88. The van der Waals surface area contributed by atoms with Crippen LogP contribution in [0.3, 0.4) is 0 Å². The molecule has 0 aliphatic heterocycles. The molecule has 2 N–H and O–H groups in total. The maximum atomic E-state index is 11.0. The Morgan fingerprint density at radius 3 is 2.25 bits per heavy atom. The van der Waals surface area contributed by atoms with Crippen molar-refractivity contribution in [3.8, 4) is 0 Å². The van der Waals surface area contributed by atoms with Crippen LogP contribution in [0.1, 0.15) is 58.3 Å². The van der Waals surface area contributed by atoms with Gasteiger partial charge in [0.2, 0.25) is 0 Å². The molecule has 0 aromatic carbocycles. The fraction of sp³-hybridized carbons (Fsp3) is 0.900. The molecule has 0 amide bonds. The van der Waals surface area contributed by atoms with Gasteiger partial charge in [0, 0.05) is 6.42 Å². The predicted molar refractivity (Wildman–Crippen MR) is 60.4 cm³/mol. The second-order valence-electron chi connectivity index (χ2n) is 3.77. The van der Waals surface area contributed by atoms with Crippen molar-refractivity contribution in [1.29, 1.82) is 0 Å². The third kappa shape index (κ3) is 9.95. The Morgan fingerprint density at radius 1 is 1.12 bits per heavy atom. The van der Waals surface area contributed by atoms with Gasteiger partial charge in [-0.05, 0) is 6.42 Å². The van der Waals surface area contributed by atoms with Crippen LogP contribution in [-0.2, 0) is 14.3 Å². The van der Waals surface area contributed by atoms with Crippen LogP contribution in [0.5, 0.6) is 0 Å². The lowest BCUT2D eigenvalue weighted by atomic mass is 10.1. The molecular weight excluding hydrogens is 211 g/mol. The topological polar surface area (TPSA) is 76.0 Å². The van der Waals surface area contributed by atoms with Gasteiger partial charge in [-0.15, -0.1) is 0 Å². The van der Waals surface area contributed by atoms with Crippen molar-refractivity contribution in [1.82, 2.24) is 0 Å². The molecule has 0 bridgehead atoms. The molecular formula is C10H21BO5. The average Bonchev–Trinajstić information content (AvgIpc) is 2.27. The van der Waals surface area contributed by atoms with Gasteiger partial charge < -0.3 is 9.68 Å². The zero-order valence-corrected chi connectivity index (χ0v) is 9.85. The molecule has 0 saturated heterocycles. The van der Waals surface area contributed by atoms with E-state index in [0.717, 1.165) is 19.3 Å². The Hall–Kier alpha value is -0.585. The normalized spacial score (nSPS) is 10.2. The third-order valence-electron chi connectivity index (χ3n) is 2.31. The minimum absolute atomic E-state index is 0.244. The highest BCUT2D eigenvalue weighted by Gasteiger charge is 2.20. The summed E-state index contributed by atoms with van der Waals surface area (Å²) in [5, 5.41) is 16.6. The van der Waals surface area contributed by atoms with E-state index >= 15 is 0 Å². The second-order valence-corrected chi connectivity index (χ2v) is 3.77. The molecule has 5 nitrogen and oxygen atoms in total. The van der Waals surface area contributed by atoms with Crippen molar-refractivity contribution in [2.45, 2.75) is 58.3 Å². The first kappa shape index (κ1) is 15.4. The van der Waals surface area contributed by atoms with Crippen LogP contribution in [0.2, 0.25) is 0 Å². The molecule has 0 spiro atoms. The van der Waals surface area contributed by atoms with Crippen LogP contribution in [0, 0.1) is 0 Å². The Bertz CT molecular complexity index is 177. The third-order valence-corrected chi connectivity index (χ3v) is 2.31. The second kappa shape index (κ2) is 10.9. The number of rotatable bonds is 10. The number of unbranched alkanes of at least 4 members (excludes halogenated alkanes) is 6. The summed E-state index contributed by atoms with van der Waals surface area (Å²) in [5.74, 6) is -0.560. The Labute approximate surface area is 96.9 Å². The molecule has 0 atom stereocenters. The van der Waals surface area contributed by atoms with Crippen molar-refractivity contribution >= 4 is 13.3 Å². The standard InChI is InChI=1S/C10H21BO5/c1-2-3-4-5-6-7-8-9-10(12)15-11(13)16-14/h13-14H,2-9H2,1H3. The van der Waals surface area contributed by atoms with E-state index in [1.165, 1.54) is 25.7 Å². The molecule has 6 heteroatoms. The predicted octanol–water partition coefficient (Wildman–Crippen LogP) is 2.14. The minimum atomic E-state index is -1.86. The summed E-state index contributed by atoms with van der Waals surface area (Å²) in [6.45, 7) is 2.17. The monoisotopic (exact) mass is 232 g/mol. The highest BCUT2D eigenvalue weighted by atomic mass is 17.1. The molecule has 0 unspecified atom stereocenters. The number of carbonyl (C=O) groups is 1. The van der Waals surface area contributed by atoms with Gasteiger partial charge in [0.1, 0.15) is 0 Å². The van der Waals surface area contributed by atoms with Crippen molar-refractivity contribution in [2.24, 2.45) is 0 Å². The van der Waals surface area contributed by atoms with E-state index in [4.69, 9.17) is 10.3 Å². The van der Waals surface area contributed by atoms with Crippen LogP contribution in [0.4, 0.5) is 0 Å². The lowest BCUT2D eigenvalue weighted by molar-refractivity contribution is -0.182. The largest absolute Gasteiger partial charge is 0.740 e. The summed E-state index contributed by atoms with van der Waals surface area (Å²) in [7, 11) is -1.86. The number of hydrogen-bond donors (Lipinski definition) is 2. The van der Waals surface area contributed by atoms with Gasteiger partial charge >= 0.3 is 7.32 Å². The van der Waals surface area contributed by atoms with Crippen molar-refractivity contribution in [2.75, 3.05) is 0 Å². The van der Waals surface area contributed by atoms with Crippen LogP contribution >= 0.6 is 0 Å². The van der Waals surface area contributed by atoms with E-state index in [9.17, 15) is 4.79 Å². The van der Waals surface area contributed by atoms with Gasteiger partial charge in [0.25, 0.3) is 5.97 Å². The summed E-state index contributed by atoms with van der Waals surface area (Å²) >= 11 is 0. The van der Waals surface area contributed by atoms with Crippen LogP contribution < -0.4 is 0 Å². The van der Waals surface area contributed by atoms with E-state index in [-0.39, 0.29) is 6.42 Å². The summed E-state index contributed by atoms with van der Waals surface area (Å²) < 4.78 is 4.29. The maximum Gasteiger partial charge on any atom is 0.740 e. The molecule has 0 aromatic heterocycles. The van der Waals surface area contributed by atoms with Gasteiger partial charge in [-0.2, -0.15) is 0 Å². The molecule has 0 heterocycles. The van der Waals surface area contributed by atoms with Gasteiger partial charge in [-0.1, -0.05) is 45.4 Å². The van der Waals surface area contributed by atoms with E-state index in [1.807, 2.05) is 0 Å². The molecule has 0 aliphatic carbocycles.